The van der Waals surface area contributed by atoms with Crippen molar-refractivity contribution >= 4 is 15.7 Å². The smallest absolute Gasteiger partial charge is 0.0580 e. The van der Waals surface area contributed by atoms with E-state index in [9.17, 15) is 5.11 Å². The summed E-state index contributed by atoms with van der Waals surface area (Å²) in [6.07, 6.45) is 2.68. The molecule has 4 radical (unpaired) electrons. The molecular weight excluding hydrogens is 110 g/mol. The van der Waals surface area contributed by atoms with Crippen LogP contribution < -0.4 is 0 Å². The van der Waals surface area contributed by atoms with Gasteiger partial charge < -0.3 is 5.11 Å². The lowest BCUT2D eigenvalue weighted by molar-refractivity contribution is 0.138. The van der Waals surface area contributed by atoms with Gasteiger partial charge >= 0.3 is 0 Å². The Morgan fingerprint density at radius 1 is 1.33 bits per heavy atom. The Hall–Kier alpha value is 0.0899. The van der Waals surface area contributed by atoms with Crippen LogP contribution in [0, 0.1) is 5.92 Å². The van der Waals surface area contributed by atoms with Gasteiger partial charge in [-0.15, -0.1) is 5.72 Å². The molecule has 1 N–H and O–H groups in total. The zero-order valence-electron chi connectivity index (χ0n) is 5.46. The van der Waals surface area contributed by atoms with Gasteiger partial charge in [0.25, 0.3) is 0 Å². The van der Waals surface area contributed by atoms with Crippen LogP contribution in [0.5, 0.6) is 0 Å². The van der Waals surface area contributed by atoms with Crippen molar-refractivity contribution in [1.29, 1.82) is 0 Å². The average molecular weight is 120 g/mol. The maximum atomic E-state index is 9.20. The van der Waals surface area contributed by atoms with Crippen LogP contribution in [0.15, 0.2) is 0 Å². The molecule has 2 unspecified atom stereocenters. The highest BCUT2D eigenvalue weighted by molar-refractivity contribution is 6.35. The molecule has 0 aromatic heterocycles. The van der Waals surface area contributed by atoms with Crippen molar-refractivity contribution in [3.63, 3.8) is 0 Å². The second-order valence-electron chi connectivity index (χ2n) is 2.74. The maximum Gasteiger partial charge on any atom is 0.0580 e. The summed E-state index contributed by atoms with van der Waals surface area (Å²) < 4.78 is 0. The van der Waals surface area contributed by atoms with Crippen molar-refractivity contribution in [1.82, 2.24) is 0 Å². The number of aliphatic hydroxyl groups excluding tert-OH is 1. The van der Waals surface area contributed by atoms with Crippen LogP contribution >= 0.6 is 0 Å². The fourth-order valence-corrected chi connectivity index (χ4v) is 1.42. The molecule has 9 heavy (non-hydrogen) atoms. The Morgan fingerprint density at radius 2 is 2.00 bits per heavy atom. The molecule has 0 aromatic carbocycles. The summed E-state index contributed by atoms with van der Waals surface area (Å²) in [5, 5.41) is 9.20. The van der Waals surface area contributed by atoms with Gasteiger partial charge in [-0.25, -0.2) is 0 Å². The van der Waals surface area contributed by atoms with Gasteiger partial charge in [-0.2, -0.15) is 0 Å². The molecule has 1 rings (SSSR count). The van der Waals surface area contributed by atoms with Gasteiger partial charge in [0.15, 0.2) is 0 Å². The van der Waals surface area contributed by atoms with E-state index in [1.807, 2.05) is 0 Å². The van der Waals surface area contributed by atoms with Crippen LogP contribution in [0.1, 0.15) is 19.3 Å². The summed E-state index contributed by atoms with van der Waals surface area (Å²) in [6, 6.07) is 0. The first-order valence-corrected chi connectivity index (χ1v) is 3.41. The van der Waals surface area contributed by atoms with E-state index in [0.29, 0.717) is 0 Å². The minimum Gasteiger partial charge on any atom is -0.393 e. The Kier molecular flexibility index (Phi) is 2.23. The predicted molar refractivity (Wildman–Crippen MR) is 38.6 cm³/mol. The maximum absolute atomic E-state index is 9.20. The Morgan fingerprint density at radius 3 is 2.22 bits per heavy atom. The molecule has 1 aliphatic carbocycles. The van der Waals surface area contributed by atoms with Crippen molar-refractivity contribution in [2.75, 3.05) is 0 Å². The quantitative estimate of drug-likeness (QED) is 0.491. The summed E-state index contributed by atoms with van der Waals surface area (Å²) in [5.74, 6) is 0.144. The van der Waals surface area contributed by atoms with Crippen molar-refractivity contribution in [2.24, 2.45) is 5.92 Å². The highest BCUT2D eigenvalue weighted by Crippen LogP contribution is 2.31. The van der Waals surface area contributed by atoms with Crippen LogP contribution in [0.4, 0.5) is 0 Å². The first-order valence-electron chi connectivity index (χ1n) is 3.41. The van der Waals surface area contributed by atoms with Gasteiger partial charge in [-0.3, -0.25) is 0 Å². The first kappa shape index (κ1) is 7.20. The first-order chi connectivity index (χ1) is 4.22. The van der Waals surface area contributed by atoms with Crippen molar-refractivity contribution in [3.8, 4) is 0 Å². The third-order valence-corrected chi connectivity index (χ3v) is 2.03. The number of aliphatic hydroxyl groups is 1. The molecule has 46 valence electrons. The SMILES string of the molecule is [B]C([B])C1CCCC1O. The third kappa shape index (κ3) is 1.51. The molecule has 2 atom stereocenters. The van der Waals surface area contributed by atoms with Crippen molar-refractivity contribution < 1.29 is 5.11 Å². The normalized spacial score (nSPS) is 35.8. The van der Waals surface area contributed by atoms with E-state index in [-0.39, 0.29) is 17.7 Å². The van der Waals surface area contributed by atoms with Crippen LogP contribution in [0.3, 0.4) is 0 Å². The van der Waals surface area contributed by atoms with Gasteiger partial charge in [0.2, 0.25) is 0 Å². The van der Waals surface area contributed by atoms with Crippen molar-refractivity contribution in [2.45, 2.75) is 31.1 Å². The van der Waals surface area contributed by atoms with E-state index < -0.39 is 0 Å². The zero-order chi connectivity index (χ0) is 6.85. The number of hydrogen-bond acceptors (Lipinski definition) is 1. The molecule has 0 amide bonds. The number of rotatable bonds is 1. The molecule has 0 heterocycles. The lowest BCUT2D eigenvalue weighted by atomic mass is 9.62. The summed E-state index contributed by atoms with van der Waals surface area (Å²) >= 11 is 0. The largest absolute Gasteiger partial charge is 0.393 e. The van der Waals surface area contributed by atoms with Gasteiger partial charge in [0.1, 0.15) is 0 Å². The monoisotopic (exact) mass is 120 g/mol. The number of hydrogen-bond donors (Lipinski definition) is 1. The molecule has 0 spiro atoms. The van der Waals surface area contributed by atoms with Gasteiger partial charge in [-0.05, 0) is 18.8 Å². The van der Waals surface area contributed by atoms with Crippen LogP contribution in [0.25, 0.3) is 0 Å². The van der Waals surface area contributed by atoms with E-state index in [1.165, 1.54) is 0 Å². The third-order valence-electron chi connectivity index (χ3n) is 2.03. The van der Waals surface area contributed by atoms with Crippen LogP contribution in [-0.2, 0) is 0 Å². The minimum atomic E-state index is -0.331. The Balaban J connectivity index is 2.40. The molecule has 1 aliphatic rings. The predicted octanol–water partition coefficient (Wildman–Crippen LogP) is 0.230. The minimum absolute atomic E-state index is 0.144. The molecule has 0 saturated heterocycles. The van der Waals surface area contributed by atoms with E-state index in [0.717, 1.165) is 19.3 Å². The average Bonchev–Trinajstić information content (AvgIpc) is 2.13. The van der Waals surface area contributed by atoms with Crippen LogP contribution in [-0.4, -0.2) is 26.9 Å². The molecule has 3 heteroatoms. The van der Waals surface area contributed by atoms with Gasteiger partial charge in [0, 0.05) is 0 Å². The van der Waals surface area contributed by atoms with E-state index >= 15 is 0 Å². The topological polar surface area (TPSA) is 20.2 Å². The molecular formula is C6H10B2O. The molecule has 1 saturated carbocycles. The second kappa shape index (κ2) is 2.78. The van der Waals surface area contributed by atoms with E-state index in [4.69, 9.17) is 15.7 Å². The van der Waals surface area contributed by atoms with Crippen molar-refractivity contribution in [3.05, 3.63) is 0 Å². The lowest BCUT2D eigenvalue weighted by Crippen LogP contribution is -2.18. The summed E-state index contributed by atoms with van der Waals surface area (Å²) in [4.78, 5) is 0. The van der Waals surface area contributed by atoms with Gasteiger partial charge in [0.05, 0.1) is 21.8 Å². The fraction of sp³-hybridized carbons (Fsp3) is 1.00. The van der Waals surface area contributed by atoms with E-state index in [2.05, 4.69) is 0 Å². The molecule has 0 bridgehead atoms. The molecule has 0 aliphatic heterocycles. The zero-order valence-corrected chi connectivity index (χ0v) is 5.46. The van der Waals surface area contributed by atoms with Gasteiger partial charge in [-0.1, -0.05) is 6.42 Å². The summed E-state index contributed by atoms with van der Waals surface area (Å²) in [7, 11) is 10.8. The molecule has 1 fully saturated rings. The fourth-order valence-electron chi connectivity index (χ4n) is 1.42. The highest BCUT2D eigenvalue weighted by Gasteiger charge is 2.26. The van der Waals surface area contributed by atoms with E-state index in [1.54, 1.807) is 0 Å². The highest BCUT2D eigenvalue weighted by atomic mass is 16.3. The molecule has 1 nitrogen and oxygen atoms in total. The lowest BCUT2D eigenvalue weighted by Gasteiger charge is -2.18. The summed E-state index contributed by atoms with van der Waals surface area (Å²) in [6.45, 7) is 0. The second-order valence-corrected chi connectivity index (χ2v) is 2.74. The Labute approximate surface area is 58.7 Å². The molecule has 0 aromatic rings. The summed E-state index contributed by atoms with van der Waals surface area (Å²) in [5.41, 5.74) is -0.331. The standard InChI is InChI=1S/C6H10B2O/c7-6(8)4-2-1-3-5(4)9/h4-6,9H,1-3H2. The Bertz CT molecular complexity index is 95.1. The van der Waals surface area contributed by atoms with Crippen LogP contribution in [0.2, 0.25) is 5.72 Å².